The number of thiocarbonyl (C=S) groups is 1. The van der Waals surface area contributed by atoms with E-state index in [0.717, 1.165) is 40.9 Å². The van der Waals surface area contributed by atoms with Crippen molar-refractivity contribution in [1.82, 2.24) is 16.2 Å². The number of hydrogen-bond donors (Lipinski definition) is 3. The molecule has 1 fully saturated rings. The largest absolute Gasteiger partial charge is 0.483 e. The van der Waals surface area contributed by atoms with Gasteiger partial charge in [0.1, 0.15) is 5.75 Å². The quantitative estimate of drug-likeness (QED) is 0.476. The first-order valence-corrected chi connectivity index (χ1v) is 10.4. The highest BCUT2D eigenvalue weighted by atomic mass is 79.9. The third kappa shape index (κ3) is 5.42. The van der Waals surface area contributed by atoms with Gasteiger partial charge in [0, 0.05) is 5.92 Å². The Morgan fingerprint density at radius 2 is 1.82 bits per heavy atom. The van der Waals surface area contributed by atoms with E-state index in [-0.39, 0.29) is 23.5 Å². The molecule has 0 spiro atoms. The van der Waals surface area contributed by atoms with Crippen LogP contribution in [0.1, 0.15) is 32.1 Å². The molecule has 0 atom stereocenters. The molecule has 3 rings (SSSR count). The highest BCUT2D eigenvalue weighted by Gasteiger charge is 2.21. The van der Waals surface area contributed by atoms with Crippen LogP contribution in [0.25, 0.3) is 10.8 Å². The molecule has 3 N–H and O–H groups in total. The first-order valence-electron chi connectivity index (χ1n) is 9.24. The van der Waals surface area contributed by atoms with Crippen LogP contribution in [-0.4, -0.2) is 23.5 Å². The van der Waals surface area contributed by atoms with E-state index in [1.165, 1.54) is 6.42 Å². The molecule has 8 heteroatoms. The number of hydrogen-bond acceptors (Lipinski definition) is 4. The molecular weight excluding hydrogens is 442 g/mol. The van der Waals surface area contributed by atoms with Crippen molar-refractivity contribution in [2.45, 2.75) is 32.1 Å². The van der Waals surface area contributed by atoms with Crippen molar-refractivity contribution in [1.29, 1.82) is 0 Å². The Morgan fingerprint density at radius 1 is 1.07 bits per heavy atom. The van der Waals surface area contributed by atoms with Gasteiger partial charge in [0.25, 0.3) is 5.91 Å². The number of hydrazine groups is 1. The average molecular weight is 464 g/mol. The minimum Gasteiger partial charge on any atom is -0.483 e. The molecule has 1 aliphatic rings. The van der Waals surface area contributed by atoms with Gasteiger partial charge in [0.05, 0.1) is 4.47 Å². The first kappa shape index (κ1) is 20.5. The van der Waals surface area contributed by atoms with Gasteiger partial charge in [-0.15, -0.1) is 0 Å². The van der Waals surface area contributed by atoms with Crippen molar-refractivity contribution in [2.75, 3.05) is 6.61 Å². The Bertz CT molecular complexity index is 884. The molecular formula is C20H22BrN3O3S. The summed E-state index contributed by atoms with van der Waals surface area (Å²) in [5.41, 5.74) is 4.97. The lowest BCUT2D eigenvalue weighted by Crippen LogP contribution is -2.50. The van der Waals surface area contributed by atoms with Crippen molar-refractivity contribution >= 4 is 55.8 Å². The maximum Gasteiger partial charge on any atom is 0.276 e. The predicted molar refractivity (Wildman–Crippen MR) is 116 cm³/mol. The summed E-state index contributed by atoms with van der Waals surface area (Å²) in [4.78, 5) is 24.1. The van der Waals surface area contributed by atoms with Gasteiger partial charge >= 0.3 is 0 Å². The topological polar surface area (TPSA) is 79.5 Å². The van der Waals surface area contributed by atoms with Crippen molar-refractivity contribution in [3.63, 3.8) is 0 Å². The van der Waals surface area contributed by atoms with E-state index >= 15 is 0 Å². The molecule has 0 aliphatic heterocycles. The van der Waals surface area contributed by atoms with Crippen LogP contribution < -0.4 is 20.9 Å². The number of fused-ring (bicyclic) bond motifs is 1. The highest BCUT2D eigenvalue weighted by Crippen LogP contribution is 2.32. The average Bonchev–Trinajstić information content (AvgIpc) is 2.72. The lowest BCUT2D eigenvalue weighted by molar-refractivity contribution is -0.125. The number of nitrogens with one attached hydrogen (secondary N) is 3. The summed E-state index contributed by atoms with van der Waals surface area (Å²) in [6, 6.07) is 11.6. The summed E-state index contributed by atoms with van der Waals surface area (Å²) in [6.07, 6.45) is 5.08. The lowest BCUT2D eigenvalue weighted by Gasteiger charge is -2.21. The van der Waals surface area contributed by atoms with E-state index in [2.05, 4.69) is 32.1 Å². The van der Waals surface area contributed by atoms with Crippen molar-refractivity contribution in [3.8, 4) is 5.75 Å². The van der Waals surface area contributed by atoms with E-state index in [9.17, 15) is 9.59 Å². The summed E-state index contributed by atoms with van der Waals surface area (Å²) in [6.45, 7) is -0.191. The van der Waals surface area contributed by atoms with Gasteiger partial charge < -0.3 is 10.1 Å². The van der Waals surface area contributed by atoms with Crippen LogP contribution in [0, 0.1) is 5.92 Å². The third-order valence-electron chi connectivity index (χ3n) is 4.71. The number of rotatable bonds is 4. The number of benzene rings is 2. The molecule has 0 radical (unpaired) electrons. The number of ether oxygens (including phenoxy) is 1. The van der Waals surface area contributed by atoms with Crippen LogP contribution in [0.2, 0.25) is 0 Å². The van der Waals surface area contributed by atoms with E-state index in [1.807, 2.05) is 36.4 Å². The van der Waals surface area contributed by atoms with Gasteiger partial charge in [-0.2, -0.15) is 0 Å². The van der Waals surface area contributed by atoms with Crippen LogP contribution in [0.3, 0.4) is 0 Å². The second-order valence-electron chi connectivity index (χ2n) is 6.71. The Hall–Kier alpha value is -2.19. The SMILES string of the molecule is O=C(COc1ccc2ccccc2c1Br)NNC(=S)NC(=O)C1CCCCC1. The highest BCUT2D eigenvalue weighted by molar-refractivity contribution is 9.10. The van der Waals surface area contributed by atoms with Gasteiger partial charge in [-0.25, -0.2) is 0 Å². The van der Waals surface area contributed by atoms with E-state index in [0.29, 0.717) is 5.75 Å². The summed E-state index contributed by atoms with van der Waals surface area (Å²) in [7, 11) is 0. The molecule has 2 amide bonds. The van der Waals surface area contributed by atoms with Gasteiger partial charge in [-0.05, 0) is 57.8 Å². The Kier molecular flexibility index (Phi) is 7.22. The van der Waals surface area contributed by atoms with Crippen LogP contribution in [0.4, 0.5) is 0 Å². The minimum atomic E-state index is -0.408. The second-order valence-corrected chi connectivity index (χ2v) is 7.92. The van der Waals surface area contributed by atoms with Gasteiger partial charge in [0.2, 0.25) is 5.91 Å². The van der Waals surface area contributed by atoms with Gasteiger partial charge in [-0.3, -0.25) is 20.4 Å². The Labute approximate surface area is 177 Å². The second kappa shape index (κ2) is 9.84. The summed E-state index contributed by atoms with van der Waals surface area (Å²) in [5, 5.41) is 4.79. The molecule has 6 nitrogen and oxygen atoms in total. The standard InChI is InChI=1S/C20H22BrN3O3S/c21-18-15-9-5-4-6-13(15)10-11-16(18)27-12-17(25)23-24-20(28)22-19(26)14-7-2-1-3-8-14/h4-6,9-11,14H,1-3,7-8,12H2,(H,23,25)(H2,22,24,26,28). The number of amides is 2. The Morgan fingerprint density at radius 3 is 2.61 bits per heavy atom. The predicted octanol–water partition coefficient (Wildman–Crippen LogP) is 3.58. The molecule has 0 bridgehead atoms. The molecule has 0 heterocycles. The van der Waals surface area contributed by atoms with Crippen LogP contribution in [0.5, 0.6) is 5.75 Å². The Balaban J connectivity index is 1.44. The molecule has 0 aromatic heterocycles. The lowest BCUT2D eigenvalue weighted by atomic mass is 9.89. The molecule has 2 aromatic rings. The summed E-state index contributed by atoms with van der Waals surface area (Å²) < 4.78 is 6.38. The smallest absolute Gasteiger partial charge is 0.276 e. The minimum absolute atomic E-state index is 0.00205. The first-order chi connectivity index (χ1) is 13.5. The molecule has 1 saturated carbocycles. The number of carbonyl (C=O) groups excluding carboxylic acids is 2. The molecule has 0 saturated heterocycles. The van der Waals surface area contributed by atoms with E-state index < -0.39 is 5.91 Å². The fourth-order valence-corrected chi connectivity index (χ4v) is 4.00. The maximum absolute atomic E-state index is 12.1. The van der Waals surface area contributed by atoms with Gasteiger partial charge in [-0.1, -0.05) is 49.6 Å². The molecule has 1 aliphatic carbocycles. The zero-order valence-electron chi connectivity index (χ0n) is 15.3. The fourth-order valence-electron chi connectivity index (χ4n) is 3.24. The third-order valence-corrected chi connectivity index (χ3v) is 5.74. The maximum atomic E-state index is 12.1. The summed E-state index contributed by atoms with van der Waals surface area (Å²) in [5.74, 6) is 0.0666. The zero-order valence-corrected chi connectivity index (χ0v) is 17.7. The molecule has 28 heavy (non-hydrogen) atoms. The van der Waals surface area contributed by atoms with Crippen LogP contribution in [0.15, 0.2) is 40.9 Å². The van der Waals surface area contributed by atoms with Gasteiger partial charge in [0.15, 0.2) is 11.7 Å². The van der Waals surface area contributed by atoms with Crippen molar-refractivity contribution in [3.05, 3.63) is 40.9 Å². The van der Waals surface area contributed by atoms with E-state index in [1.54, 1.807) is 0 Å². The fraction of sp³-hybridized carbons (Fsp3) is 0.350. The molecule has 0 unspecified atom stereocenters. The summed E-state index contributed by atoms with van der Waals surface area (Å²) >= 11 is 8.58. The van der Waals surface area contributed by atoms with Crippen LogP contribution in [-0.2, 0) is 9.59 Å². The monoisotopic (exact) mass is 463 g/mol. The van der Waals surface area contributed by atoms with Crippen molar-refractivity contribution in [2.24, 2.45) is 5.92 Å². The molecule has 148 valence electrons. The molecule has 2 aromatic carbocycles. The normalized spacial score (nSPS) is 14.3. The number of carbonyl (C=O) groups is 2. The van der Waals surface area contributed by atoms with Crippen molar-refractivity contribution < 1.29 is 14.3 Å². The zero-order chi connectivity index (χ0) is 19.9. The number of halogens is 1. The van der Waals surface area contributed by atoms with Crippen LogP contribution >= 0.6 is 28.1 Å². The van der Waals surface area contributed by atoms with E-state index in [4.69, 9.17) is 17.0 Å².